The van der Waals surface area contributed by atoms with Crippen LogP contribution in [0.3, 0.4) is 0 Å². The number of nitrogens with one attached hydrogen (secondary N) is 1. The Kier molecular flexibility index (Phi) is 19.5. The summed E-state index contributed by atoms with van der Waals surface area (Å²) in [5.41, 5.74) is 8.14. The molecule has 21 heteroatoms. The highest BCUT2D eigenvalue weighted by Gasteiger charge is 2.14. The van der Waals surface area contributed by atoms with Gasteiger partial charge in [0.25, 0.3) is 5.88 Å². The summed E-state index contributed by atoms with van der Waals surface area (Å²) in [5, 5.41) is 62.7. The van der Waals surface area contributed by atoms with Gasteiger partial charge in [0.1, 0.15) is 6.61 Å². The number of nitrogens with zero attached hydrogens (tertiary/aromatic N) is 9. The zero-order valence-corrected chi connectivity index (χ0v) is 38.0. The van der Waals surface area contributed by atoms with Gasteiger partial charge in [-0.15, -0.1) is 15.6 Å². The van der Waals surface area contributed by atoms with Crippen LogP contribution in [0.15, 0.2) is 169 Å². The number of hydrogen-bond acceptors (Lipinski definition) is 12. The number of aliphatic hydroxyl groups is 1. The van der Waals surface area contributed by atoms with Crippen LogP contribution in [0.4, 0.5) is 0 Å². The van der Waals surface area contributed by atoms with Crippen LogP contribution in [-0.2, 0) is 29.2 Å². The van der Waals surface area contributed by atoms with Crippen molar-refractivity contribution in [2.45, 2.75) is 19.6 Å². The number of nitro groups is 1. The van der Waals surface area contributed by atoms with Gasteiger partial charge in [0.05, 0.1) is 54.0 Å². The van der Waals surface area contributed by atoms with Gasteiger partial charge in [0.2, 0.25) is 11.2 Å². The Hall–Kier alpha value is -8.88. The Morgan fingerprint density at radius 1 is 0.609 bits per heavy atom. The van der Waals surface area contributed by atoms with Crippen LogP contribution in [-0.4, -0.2) is 93.8 Å². The molecule has 0 amide bonds. The topological polar surface area (TPSA) is 260 Å². The maximum absolute atomic E-state index is 10.8. The molecule has 3 aromatic heterocycles. The van der Waals surface area contributed by atoms with Crippen molar-refractivity contribution in [3.05, 3.63) is 201 Å². The third-order valence-electron chi connectivity index (χ3n) is 9.28. The number of ether oxygens (including phenoxy) is 1. The molecule has 4 N–H and O–H groups in total. The normalized spacial score (nSPS) is 10.5. The van der Waals surface area contributed by atoms with Crippen LogP contribution >= 0.6 is 11.6 Å². The second-order valence-corrected chi connectivity index (χ2v) is 14.6. The molecule has 0 aliphatic heterocycles. The summed E-state index contributed by atoms with van der Waals surface area (Å²) < 4.78 is 10.9. The van der Waals surface area contributed by atoms with Gasteiger partial charge < -0.3 is 25.3 Å². The number of para-hydroxylation sites is 3. The number of halogens is 1. The van der Waals surface area contributed by atoms with Crippen molar-refractivity contribution in [3.8, 4) is 11.8 Å². The molecular weight excluding hydrogens is 912 g/mol. The lowest BCUT2D eigenvalue weighted by Gasteiger charge is -2.03. The Morgan fingerprint density at radius 3 is 1.35 bits per heavy atom. The number of rotatable bonds is 13. The van der Waals surface area contributed by atoms with E-state index in [2.05, 4.69) is 32.7 Å². The summed E-state index contributed by atoms with van der Waals surface area (Å²) in [7, 11) is 2.50. The van der Waals surface area contributed by atoms with E-state index in [1.165, 1.54) is 19.7 Å². The number of fused-ring (bicyclic) bond motifs is 3. The maximum Gasteiger partial charge on any atom is 0.341 e. The van der Waals surface area contributed by atoms with Gasteiger partial charge in [-0.1, -0.05) is 144 Å². The van der Waals surface area contributed by atoms with Crippen LogP contribution in [0.2, 0.25) is 5.15 Å². The molecule has 356 valence electrons. The molecule has 0 atom stereocenters. The predicted octanol–water partition coefficient (Wildman–Crippen LogP) is 7.72. The number of aliphatic hydroxyl groups excluding tert-OH is 1. The molecule has 3 heterocycles. The van der Waals surface area contributed by atoms with Gasteiger partial charge in [-0.25, -0.2) is 19.7 Å². The zero-order valence-electron chi connectivity index (χ0n) is 37.2. The number of hydroxylamine groups is 1. The van der Waals surface area contributed by atoms with Gasteiger partial charge in [-0.3, -0.25) is 18.9 Å². The molecule has 0 saturated heterocycles. The van der Waals surface area contributed by atoms with Crippen molar-refractivity contribution in [3.63, 3.8) is 0 Å². The van der Waals surface area contributed by atoms with Crippen LogP contribution in [0.25, 0.3) is 32.7 Å². The minimum Gasteiger partial charge on any atom is -0.598 e. The molecule has 0 spiro atoms. The van der Waals surface area contributed by atoms with E-state index in [-0.39, 0.29) is 0 Å². The summed E-state index contributed by atoms with van der Waals surface area (Å²) in [4.78, 5) is 34.3. The lowest BCUT2D eigenvalue weighted by atomic mass is 10.2. The molecule has 0 saturated carbocycles. The molecule has 0 aliphatic carbocycles. The minimum absolute atomic E-state index is 0.323. The van der Waals surface area contributed by atoms with Crippen molar-refractivity contribution in [1.29, 1.82) is 0 Å². The largest absolute Gasteiger partial charge is 0.598 e. The van der Waals surface area contributed by atoms with Gasteiger partial charge in [-0.05, 0) is 53.1 Å². The highest BCUT2D eigenvalue weighted by Crippen LogP contribution is 2.27. The molecule has 9 rings (SSSR count). The first-order valence-corrected chi connectivity index (χ1v) is 21.2. The maximum atomic E-state index is 10.8. The van der Waals surface area contributed by atoms with Gasteiger partial charge in [-0.2, -0.15) is 5.10 Å². The van der Waals surface area contributed by atoms with Crippen LogP contribution in [0, 0.1) is 15.3 Å². The Balaban J connectivity index is 0.000000176. The van der Waals surface area contributed by atoms with E-state index in [1.54, 1.807) is 5.43 Å². The van der Waals surface area contributed by atoms with Crippen molar-refractivity contribution in [2.24, 2.45) is 5.28 Å². The first-order valence-electron chi connectivity index (χ1n) is 20.8. The molecule has 20 nitrogen and oxygen atoms in total. The number of hydrazine groups is 1. The number of carboxylic acids is 2. The van der Waals surface area contributed by atoms with Crippen molar-refractivity contribution in [2.75, 3.05) is 27.3 Å². The van der Waals surface area contributed by atoms with Crippen molar-refractivity contribution in [1.82, 2.24) is 34.8 Å². The molecule has 69 heavy (non-hydrogen) atoms. The highest BCUT2D eigenvalue weighted by molar-refractivity contribution is 6.34. The number of hydrogen-bond donors (Lipinski definition) is 4. The standard InChI is InChI=1S/C16H14N2O3.C15H14N4O2.C14H11ClN2.C2H4O3.CH4N2O2/c19-15(20)11-21-16-13-8-4-5-9-14(13)18(17-16)10-12-6-2-1-3-7-12;1-18(20)17-21-15-13-9-5-6-10-14(13)19(16-15)11-12-7-3-2-4-8-12;15-14-12-8-4-5-9-13(12)17(16-14)10-11-6-2-1-3-7-11;3-1-2(4)5;1-2-3(4)5/h1-9H,10-11H2,(H,19,20);2-10H,11H2,1H3;1-9H,10H2;3H,1H2,(H,4,5);2H,1H3. The molecule has 9 aromatic rings. The second-order valence-electron chi connectivity index (χ2n) is 14.2. The molecule has 0 fully saturated rings. The molecule has 0 bridgehead atoms. The average Bonchev–Trinajstić information content (AvgIpc) is 4.01. The van der Waals surface area contributed by atoms with Crippen LogP contribution in [0.5, 0.6) is 11.8 Å². The fraction of sp³-hybridized carbons (Fsp3) is 0.146. The number of aliphatic carboxylic acids is 2. The zero-order chi connectivity index (χ0) is 49.5. The second kappa shape index (κ2) is 26.3. The highest BCUT2D eigenvalue weighted by atomic mass is 35.5. The van der Waals surface area contributed by atoms with E-state index in [0.717, 1.165) is 50.4 Å². The minimum atomic E-state index is -1.19. The fourth-order valence-electron chi connectivity index (χ4n) is 6.31. The third-order valence-corrected chi connectivity index (χ3v) is 9.56. The first-order chi connectivity index (χ1) is 33.4. The van der Waals surface area contributed by atoms with Crippen LogP contribution in [0.1, 0.15) is 16.7 Å². The molecule has 0 radical (unpaired) electrons. The fourth-order valence-corrected chi connectivity index (χ4v) is 6.56. The number of carboxylic acid groups (broad SMARTS) is 2. The molecule has 6 aromatic carbocycles. The first kappa shape index (κ1) is 51.1. The van der Waals surface area contributed by atoms with E-state index in [0.29, 0.717) is 34.9 Å². The van der Waals surface area contributed by atoms with Gasteiger partial charge >= 0.3 is 11.9 Å². The lowest BCUT2D eigenvalue weighted by molar-refractivity contribution is -0.538. The summed E-state index contributed by atoms with van der Waals surface area (Å²) in [5.74, 6) is -1.53. The molecular formula is C48H47ClN10O10. The summed E-state index contributed by atoms with van der Waals surface area (Å²) in [6, 6.07) is 53.5. The van der Waals surface area contributed by atoms with Gasteiger partial charge in [0, 0.05) is 5.39 Å². The number of aromatic nitrogens is 6. The van der Waals surface area contributed by atoms with E-state index in [4.69, 9.17) is 51.4 Å². The number of benzene rings is 6. The SMILES string of the molecule is CN[N+](=O)[O-].C[N+]([O-])=NOc1nn(Cc2ccccc2)c2ccccc12.Clc1nn(Cc2ccccc2)c2ccccc12.O=C(O)CO.O=C(O)COc1nn(Cc2ccccc2)c2ccccc12. The van der Waals surface area contributed by atoms with E-state index < -0.39 is 30.2 Å². The van der Waals surface area contributed by atoms with Gasteiger partial charge in [0.15, 0.2) is 23.8 Å². The quantitative estimate of drug-likeness (QED) is 0.0373. The average molecular weight is 959 g/mol. The smallest absolute Gasteiger partial charge is 0.341 e. The molecule has 0 aliphatic rings. The van der Waals surface area contributed by atoms with Crippen molar-refractivity contribution < 1.29 is 44.4 Å². The van der Waals surface area contributed by atoms with Crippen molar-refractivity contribution >= 4 is 56.2 Å². The third kappa shape index (κ3) is 15.9. The number of carbonyl (C=O) groups is 2. The van der Waals surface area contributed by atoms with E-state index in [1.807, 2.05) is 166 Å². The van der Waals surface area contributed by atoms with Crippen LogP contribution < -0.4 is 15.0 Å². The van der Waals surface area contributed by atoms with E-state index >= 15 is 0 Å². The summed E-state index contributed by atoms with van der Waals surface area (Å²) in [6.07, 6.45) is 0. The Morgan fingerprint density at radius 2 is 0.957 bits per heavy atom. The Labute approximate surface area is 399 Å². The Bertz CT molecular complexity index is 3060. The van der Waals surface area contributed by atoms with E-state index in [9.17, 15) is 10.0 Å². The lowest BCUT2D eigenvalue weighted by Crippen LogP contribution is -2.13. The molecule has 0 unspecified atom stereocenters. The summed E-state index contributed by atoms with van der Waals surface area (Å²) >= 11 is 6.11. The summed E-state index contributed by atoms with van der Waals surface area (Å²) in [6.45, 7) is 0.802. The monoisotopic (exact) mass is 958 g/mol. The predicted molar refractivity (Wildman–Crippen MR) is 257 cm³/mol.